The van der Waals surface area contributed by atoms with E-state index in [9.17, 15) is 0 Å². The van der Waals surface area contributed by atoms with Crippen LogP contribution in [0, 0.1) is 18.3 Å². The van der Waals surface area contributed by atoms with E-state index in [4.69, 9.17) is 22.6 Å². The first-order valence-corrected chi connectivity index (χ1v) is 4.60. The Labute approximate surface area is 92.5 Å². The Morgan fingerprint density at radius 2 is 2.29 bits per heavy atom. The Morgan fingerprint density at radius 3 is 2.79 bits per heavy atom. The highest BCUT2D eigenvalue weighted by molar-refractivity contribution is 7.80. The second-order valence-electron chi connectivity index (χ2n) is 2.75. The summed E-state index contributed by atoms with van der Waals surface area (Å²) < 4.78 is 0. The van der Waals surface area contributed by atoms with E-state index in [1.54, 1.807) is 12.1 Å². The highest BCUT2D eigenvalue weighted by Gasteiger charge is 2.05. The van der Waals surface area contributed by atoms with Gasteiger partial charge in [-0.15, -0.1) is 0 Å². The lowest BCUT2D eigenvalue weighted by Gasteiger charge is -2.07. The number of halogens is 1. The molecule has 1 aromatic rings. The predicted molar refractivity (Wildman–Crippen MR) is 61.3 cm³/mol. The van der Waals surface area contributed by atoms with Crippen molar-refractivity contribution in [3.05, 3.63) is 28.3 Å². The van der Waals surface area contributed by atoms with Crippen molar-refractivity contribution >= 4 is 34.6 Å². The molecule has 5 heteroatoms. The Bertz CT molecular complexity index is 423. The Morgan fingerprint density at radius 1 is 1.64 bits per heavy atom. The second-order valence-corrected chi connectivity index (χ2v) is 3.60. The number of nitriles is 1. The van der Waals surface area contributed by atoms with Gasteiger partial charge < -0.3 is 11.1 Å². The molecule has 0 spiro atoms. The fourth-order valence-electron chi connectivity index (χ4n) is 1.01. The van der Waals surface area contributed by atoms with E-state index in [1.807, 2.05) is 13.0 Å². The average Bonchev–Trinajstić information content (AvgIpc) is 2.10. The molecule has 0 heterocycles. The molecule has 0 aliphatic heterocycles. The Balaban J connectivity index is 3.22. The normalized spacial score (nSPS) is 9.21. The molecule has 14 heavy (non-hydrogen) atoms. The highest BCUT2D eigenvalue weighted by atomic mass is 35.5. The number of aryl methyl sites for hydroxylation is 1. The Hall–Kier alpha value is -1.31. The van der Waals surface area contributed by atoms with Crippen molar-refractivity contribution in [3.8, 4) is 6.07 Å². The van der Waals surface area contributed by atoms with Gasteiger partial charge in [0.2, 0.25) is 0 Å². The van der Waals surface area contributed by atoms with Gasteiger partial charge in [-0.25, -0.2) is 0 Å². The van der Waals surface area contributed by atoms with E-state index in [1.165, 1.54) is 0 Å². The standard InChI is InChI=1S/C9H8ClN3S/c1-5-2-6(4-11)8(3-7(5)10)13-9(12)14/h2-3H,1H3,(H3,12,13,14). The lowest BCUT2D eigenvalue weighted by Crippen LogP contribution is -2.19. The van der Waals surface area contributed by atoms with Gasteiger partial charge in [0.1, 0.15) is 6.07 Å². The average molecular weight is 226 g/mol. The van der Waals surface area contributed by atoms with Gasteiger partial charge in [-0.1, -0.05) is 11.6 Å². The van der Waals surface area contributed by atoms with Crippen LogP contribution in [-0.2, 0) is 0 Å². The number of nitrogens with zero attached hydrogens (tertiary/aromatic N) is 1. The summed E-state index contributed by atoms with van der Waals surface area (Å²) in [4.78, 5) is 0. The molecule has 0 aromatic heterocycles. The third-order valence-corrected chi connectivity index (χ3v) is 2.19. The minimum atomic E-state index is 0.112. The first kappa shape index (κ1) is 10.8. The monoisotopic (exact) mass is 225 g/mol. The van der Waals surface area contributed by atoms with Crippen LogP contribution in [0.15, 0.2) is 12.1 Å². The summed E-state index contributed by atoms with van der Waals surface area (Å²) in [5, 5.41) is 12.2. The summed E-state index contributed by atoms with van der Waals surface area (Å²) >= 11 is 10.6. The zero-order chi connectivity index (χ0) is 10.7. The van der Waals surface area contributed by atoms with E-state index in [0.717, 1.165) is 5.56 Å². The lowest BCUT2D eigenvalue weighted by atomic mass is 10.1. The van der Waals surface area contributed by atoms with Crippen molar-refractivity contribution in [2.75, 3.05) is 5.32 Å². The minimum absolute atomic E-state index is 0.112. The number of thiocarbonyl (C=S) groups is 1. The molecule has 3 nitrogen and oxygen atoms in total. The van der Waals surface area contributed by atoms with Gasteiger partial charge in [-0.3, -0.25) is 0 Å². The number of nitrogens with one attached hydrogen (secondary N) is 1. The second kappa shape index (κ2) is 4.27. The molecular formula is C9H8ClN3S. The van der Waals surface area contributed by atoms with Gasteiger partial charge >= 0.3 is 0 Å². The van der Waals surface area contributed by atoms with Crippen LogP contribution < -0.4 is 11.1 Å². The largest absolute Gasteiger partial charge is 0.376 e. The number of hydrogen-bond acceptors (Lipinski definition) is 2. The van der Waals surface area contributed by atoms with Gasteiger partial charge in [0.05, 0.1) is 11.3 Å². The molecule has 3 N–H and O–H groups in total. The van der Waals surface area contributed by atoms with E-state index >= 15 is 0 Å². The van der Waals surface area contributed by atoms with Crippen LogP contribution in [0.3, 0.4) is 0 Å². The van der Waals surface area contributed by atoms with Gasteiger partial charge in [0.15, 0.2) is 5.11 Å². The number of nitrogens with two attached hydrogens (primary N) is 1. The summed E-state index contributed by atoms with van der Waals surface area (Å²) in [6.07, 6.45) is 0. The maximum atomic E-state index is 8.83. The first-order valence-electron chi connectivity index (χ1n) is 3.81. The molecule has 0 aliphatic carbocycles. The minimum Gasteiger partial charge on any atom is -0.376 e. The van der Waals surface area contributed by atoms with Gasteiger partial charge in [-0.2, -0.15) is 5.26 Å². The predicted octanol–water partition coefficient (Wildman–Crippen LogP) is 2.18. The number of rotatable bonds is 1. The van der Waals surface area contributed by atoms with E-state index in [0.29, 0.717) is 16.3 Å². The molecule has 0 aliphatic rings. The molecule has 72 valence electrons. The number of hydrogen-bond donors (Lipinski definition) is 2. The third-order valence-electron chi connectivity index (χ3n) is 1.68. The summed E-state index contributed by atoms with van der Waals surface area (Å²) in [6.45, 7) is 1.83. The van der Waals surface area contributed by atoms with Gasteiger partial charge in [-0.05, 0) is 36.8 Å². The molecule has 1 aromatic carbocycles. The SMILES string of the molecule is Cc1cc(C#N)c(NC(N)=S)cc1Cl. The molecule has 0 atom stereocenters. The maximum absolute atomic E-state index is 8.83. The topological polar surface area (TPSA) is 61.8 Å². The van der Waals surface area contributed by atoms with E-state index in [-0.39, 0.29) is 5.11 Å². The van der Waals surface area contributed by atoms with Gasteiger partial charge in [0.25, 0.3) is 0 Å². The molecule has 0 radical (unpaired) electrons. The molecule has 0 saturated heterocycles. The zero-order valence-electron chi connectivity index (χ0n) is 7.47. The molecule has 0 amide bonds. The van der Waals surface area contributed by atoms with E-state index < -0.39 is 0 Å². The maximum Gasteiger partial charge on any atom is 0.168 e. The van der Waals surface area contributed by atoms with Gasteiger partial charge in [0, 0.05) is 5.02 Å². The zero-order valence-corrected chi connectivity index (χ0v) is 9.04. The quantitative estimate of drug-likeness (QED) is 0.720. The highest BCUT2D eigenvalue weighted by Crippen LogP contribution is 2.24. The fourth-order valence-corrected chi connectivity index (χ4v) is 1.28. The van der Waals surface area contributed by atoms with Crippen molar-refractivity contribution in [1.29, 1.82) is 5.26 Å². The van der Waals surface area contributed by atoms with Crippen LogP contribution in [0.1, 0.15) is 11.1 Å². The lowest BCUT2D eigenvalue weighted by molar-refractivity contribution is 1.41. The number of benzene rings is 1. The van der Waals surface area contributed by atoms with Crippen LogP contribution in [-0.4, -0.2) is 5.11 Å². The smallest absolute Gasteiger partial charge is 0.168 e. The third kappa shape index (κ3) is 2.34. The fraction of sp³-hybridized carbons (Fsp3) is 0.111. The van der Waals surface area contributed by atoms with Crippen molar-refractivity contribution < 1.29 is 0 Å². The van der Waals surface area contributed by atoms with Crippen LogP contribution >= 0.6 is 23.8 Å². The molecule has 1 rings (SSSR count). The van der Waals surface area contributed by atoms with Crippen molar-refractivity contribution in [2.24, 2.45) is 5.73 Å². The molecular weight excluding hydrogens is 218 g/mol. The summed E-state index contributed by atoms with van der Waals surface area (Å²) in [6, 6.07) is 5.35. The molecule has 0 bridgehead atoms. The number of anilines is 1. The molecule has 0 unspecified atom stereocenters. The van der Waals surface area contributed by atoms with Crippen LogP contribution in [0.5, 0.6) is 0 Å². The summed E-state index contributed by atoms with van der Waals surface area (Å²) in [5.74, 6) is 0. The first-order chi connectivity index (χ1) is 6.54. The van der Waals surface area contributed by atoms with E-state index in [2.05, 4.69) is 17.5 Å². The van der Waals surface area contributed by atoms with Crippen molar-refractivity contribution in [2.45, 2.75) is 6.92 Å². The summed E-state index contributed by atoms with van der Waals surface area (Å²) in [5.41, 5.74) is 7.16. The van der Waals surface area contributed by atoms with Crippen molar-refractivity contribution in [1.82, 2.24) is 0 Å². The molecule has 0 fully saturated rings. The van der Waals surface area contributed by atoms with Crippen molar-refractivity contribution in [3.63, 3.8) is 0 Å². The molecule has 0 saturated carbocycles. The Kier molecular flexibility index (Phi) is 3.28. The summed E-state index contributed by atoms with van der Waals surface area (Å²) in [7, 11) is 0. The van der Waals surface area contributed by atoms with Crippen LogP contribution in [0.2, 0.25) is 5.02 Å². The van der Waals surface area contributed by atoms with Crippen LogP contribution in [0.25, 0.3) is 0 Å². The van der Waals surface area contributed by atoms with Crippen LogP contribution in [0.4, 0.5) is 5.69 Å².